The van der Waals surface area contributed by atoms with Crippen LogP contribution in [0.5, 0.6) is 0 Å². The molecule has 218 valence electrons. The standard InChI is InChI=1S/C44H26N2S/c1-2-11-29(12-3-1)45-36-16-6-4-13-31(36)35-26-28(21-24-37(35)45)30-23-25-39-43-33(30)22-20-27-10-8-17-38(42(27)43)46(39)40-18-9-15-34-32-14-5-7-19-41(32)47-44(34)40/h1-26H. The Bertz CT molecular complexity index is 3010. The minimum atomic E-state index is 1.18. The minimum absolute atomic E-state index is 1.18. The Morgan fingerprint density at radius 2 is 1.13 bits per heavy atom. The fourth-order valence-electron chi connectivity index (χ4n) is 8.10. The molecular weight excluding hydrogens is 589 g/mol. The van der Waals surface area contributed by atoms with Crippen molar-refractivity contribution in [2.24, 2.45) is 0 Å². The number of thiophene rings is 1. The van der Waals surface area contributed by atoms with Crippen LogP contribution in [0.4, 0.5) is 0 Å². The monoisotopic (exact) mass is 614 g/mol. The topological polar surface area (TPSA) is 9.86 Å². The third-order valence-electron chi connectivity index (χ3n) is 10.1. The highest BCUT2D eigenvalue weighted by atomic mass is 32.1. The summed E-state index contributed by atoms with van der Waals surface area (Å²) in [6, 6.07) is 58.1. The van der Waals surface area contributed by atoms with E-state index >= 15 is 0 Å². The Hall–Kier alpha value is -5.90. The van der Waals surface area contributed by atoms with Gasteiger partial charge >= 0.3 is 0 Å². The molecule has 11 rings (SSSR count). The van der Waals surface area contributed by atoms with Crippen LogP contribution >= 0.6 is 11.3 Å². The lowest BCUT2D eigenvalue weighted by molar-refractivity contribution is 1.18. The summed E-state index contributed by atoms with van der Waals surface area (Å²) in [5.74, 6) is 0. The second-order valence-corrected chi connectivity index (χ2v) is 13.6. The lowest BCUT2D eigenvalue weighted by atomic mass is 9.94. The molecule has 0 atom stereocenters. The fourth-order valence-corrected chi connectivity index (χ4v) is 9.31. The lowest BCUT2D eigenvalue weighted by Gasteiger charge is -2.11. The Balaban J connectivity index is 1.19. The van der Waals surface area contributed by atoms with E-state index in [9.17, 15) is 0 Å². The summed E-state index contributed by atoms with van der Waals surface area (Å²) in [5, 5.41) is 10.4. The van der Waals surface area contributed by atoms with Crippen molar-refractivity contribution in [3.8, 4) is 22.5 Å². The Labute approximate surface area is 274 Å². The quantitative estimate of drug-likeness (QED) is 0.175. The molecule has 0 N–H and O–H groups in total. The Morgan fingerprint density at radius 1 is 0.404 bits per heavy atom. The van der Waals surface area contributed by atoms with Crippen LogP contribution in [-0.4, -0.2) is 9.13 Å². The van der Waals surface area contributed by atoms with Crippen LogP contribution < -0.4 is 0 Å². The molecule has 0 bridgehead atoms. The maximum absolute atomic E-state index is 2.50. The van der Waals surface area contributed by atoms with Crippen LogP contribution in [0, 0.1) is 0 Å². The van der Waals surface area contributed by atoms with Crippen molar-refractivity contribution >= 4 is 85.9 Å². The van der Waals surface area contributed by atoms with Crippen LogP contribution in [0.1, 0.15) is 0 Å². The molecule has 0 aliphatic rings. The summed E-state index contributed by atoms with van der Waals surface area (Å²) in [5.41, 5.74) is 9.89. The number of fused-ring (bicyclic) bond motifs is 6. The summed E-state index contributed by atoms with van der Waals surface area (Å²) in [6.45, 7) is 0. The van der Waals surface area contributed by atoms with Gasteiger partial charge in [0.1, 0.15) is 0 Å². The lowest BCUT2D eigenvalue weighted by Crippen LogP contribution is -1.94. The zero-order chi connectivity index (χ0) is 30.6. The molecular formula is C44H26N2S. The number of hydrogen-bond donors (Lipinski definition) is 0. The van der Waals surface area contributed by atoms with Crippen molar-refractivity contribution < 1.29 is 0 Å². The largest absolute Gasteiger partial charge is 0.309 e. The van der Waals surface area contributed by atoms with Crippen molar-refractivity contribution in [3.63, 3.8) is 0 Å². The molecule has 8 aromatic carbocycles. The molecule has 0 aliphatic heterocycles. The highest BCUT2D eigenvalue weighted by molar-refractivity contribution is 7.26. The van der Waals surface area contributed by atoms with Gasteiger partial charge in [0.05, 0.1) is 32.5 Å². The molecule has 3 heterocycles. The van der Waals surface area contributed by atoms with E-state index < -0.39 is 0 Å². The maximum Gasteiger partial charge on any atom is 0.0640 e. The van der Waals surface area contributed by atoms with Gasteiger partial charge < -0.3 is 9.13 Å². The van der Waals surface area contributed by atoms with Gasteiger partial charge in [0, 0.05) is 42.7 Å². The first-order chi connectivity index (χ1) is 23.3. The molecule has 0 saturated carbocycles. The van der Waals surface area contributed by atoms with Gasteiger partial charge in [0.2, 0.25) is 0 Å². The van der Waals surface area contributed by atoms with Crippen molar-refractivity contribution in [3.05, 3.63) is 158 Å². The van der Waals surface area contributed by atoms with E-state index in [0.717, 1.165) is 0 Å². The van der Waals surface area contributed by atoms with Gasteiger partial charge in [-0.25, -0.2) is 0 Å². The predicted octanol–water partition coefficient (Wildman–Crippen LogP) is 12.5. The molecule has 0 aliphatic carbocycles. The summed E-state index contributed by atoms with van der Waals surface area (Å²) in [6.07, 6.45) is 0. The Morgan fingerprint density at radius 3 is 2.06 bits per heavy atom. The van der Waals surface area contributed by atoms with Crippen LogP contribution in [0.25, 0.3) is 97.1 Å². The molecule has 0 amide bonds. The highest BCUT2D eigenvalue weighted by Gasteiger charge is 2.21. The van der Waals surface area contributed by atoms with Crippen molar-refractivity contribution in [2.75, 3.05) is 0 Å². The van der Waals surface area contributed by atoms with Crippen molar-refractivity contribution in [2.45, 2.75) is 0 Å². The van der Waals surface area contributed by atoms with Crippen LogP contribution in [0.3, 0.4) is 0 Å². The van der Waals surface area contributed by atoms with Crippen LogP contribution in [0.2, 0.25) is 0 Å². The van der Waals surface area contributed by atoms with E-state index in [1.807, 2.05) is 11.3 Å². The summed E-state index contributed by atoms with van der Waals surface area (Å²) < 4.78 is 7.55. The Kier molecular flexibility index (Phi) is 5.02. The summed E-state index contributed by atoms with van der Waals surface area (Å²) >= 11 is 1.89. The zero-order valence-electron chi connectivity index (χ0n) is 25.3. The third-order valence-corrected chi connectivity index (χ3v) is 11.3. The van der Waals surface area contributed by atoms with Crippen LogP contribution in [-0.2, 0) is 0 Å². The smallest absolute Gasteiger partial charge is 0.0640 e. The molecule has 0 spiro atoms. The average Bonchev–Trinajstić information content (AvgIpc) is 3.79. The van der Waals surface area contributed by atoms with Gasteiger partial charge in [0.25, 0.3) is 0 Å². The van der Waals surface area contributed by atoms with Crippen LogP contribution in [0.15, 0.2) is 158 Å². The van der Waals surface area contributed by atoms with Gasteiger partial charge in [-0.1, -0.05) is 103 Å². The molecule has 0 radical (unpaired) electrons. The molecule has 47 heavy (non-hydrogen) atoms. The summed E-state index contributed by atoms with van der Waals surface area (Å²) in [7, 11) is 0. The van der Waals surface area contributed by atoms with E-state index in [1.165, 1.54) is 97.1 Å². The van der Waals surface area contributed by atoms with E-state index in [-0.39, 0.29) is 0 Å². The van der Waals surface area contributed by atoms with E-state index in [2.05, 4.69) is 167 Å². The number of hydrogen-bond acceptors (Lipinski definition) is 1. The maximum atomic E-state index is 2.50. The first-order valence-corrected chi connectivity index (χ1v) is 16.9. The van der Waals surface area contributed by atoms with Crippen molar-refractivity contribution in [1.82, 2.24) is 9.13 Å². The average molecular weight is 615 g/mol. The first-order valence-electron chi connectivity index (χ1n) is 16.1. The van der Waals surface area contributed by atoms with Gasteiger partial charge in [-0.2, -0.15) is 0 Å². The molecule has 0 fully saturated rings. The molecule has 0 saturated heterocycles. The normalized spacial score (nSPS) is 12.3. The number of nitrogens with zero attached hydrogens (tertiary/aromatic N) is 2. The second-order valence-electron chi connectivity index (χ2n) is 12.5. The van der Waals surface area contributed by atoms with Gasteiger partial charge in [0.15, 0.2) is 0 Å². The fraction of sp³-hybridized carbons (Fsp3) is 0. The number of benzene rings is 8. The van der Waals surface area contributed by atoms with Gasteiger partial charge in [-0.15, -0.1) is 11.3 Å². The molecule has 11 aromatic rings. The number of rotatable bonds is 3. The second kappa shape index (κ2) is 9.32. The molecule has 3 heteroatoms. The van der Waals surface area contributed by atoms with E-state index in [0.29, 0.717) is 0 Å². The van der Waals surface area contributed by atoms with Gasteiger partial charge in [-0.05, 0) is 76.5 Å². The molecule has 2 nitrogen and oxygen atoms in total. The predicted molar refractivity (Wildman–Crippen MR) is 202 cm³/mol. The van der Waals surface area contributed by atoms with Gasteiger partial charge in [-0.3, -0.25) is 0 Å². The SMILES string of the molecule is c1ccc(-n2c3ccccc3c3cc(-c4ccc5c6c4ccc4cccc(c46)n5-c4cccc5c4sc4ccccc45)ccc32)cc1. The third kappa shape index (κ3) is 3.39. The zero-order valence-corrected chi connectivity index (χ0v) is 26.1. The highest BCUT2D eigenvalue weighted by Crippen LogP contribution is 2.46. The minimum Gasteiger partial charge on any atom is -0.309 e. The molecule has 0 unspecified atom stereocenters. The number of para-hydroxylation sites is 2. The van der Waals surface area contributed by atoms with Crippen molar-refractivity contribution in [1.29, 1.82) is 0 Å². The number of aromatic nitrogens is 2. The first kappa shape index (κ1) is 25.3. The van der Waals surface area contributed by atoms with E-state index in [4.69, 9.17) is 0 Å². The van der Waals surface area contributed by atoms with E-state index in [1.54, 1.807) is 0 Å². The summed E-state index contributed by atoms with van der Waals surface area (Å²) in [4.78, 5) is 0. The molecule has 3 aromatic heterocycles.